The SMILES string of the molecule is CN(C)CC(Cl)c1ccc(F)c(Cl)c1. The number of alkyl halides is 1. The van der Waals surface area contributed by atoms with Crippen LogP contribution < -0.4 is 0 Å². The normalized spacial score (nSPS) is 13.3. The predicted molar refractivity (Wildman–Crippen MR) is 58.6 cm³/mol. The Morgan fingerprint density at radius 1 is 1.43 bits per heavy atom. The van der Waals surface area contributed by atoms with Crippen molar-refractivity contribution in [2.45, 2.75) is 5.38 Å². The molecule has 0 bridgehead atoms. The fraction of sp³-hybridized carbons (Fsp3) is 0.400. The van der Waals surface area contributed by atoms with Crippen LogP contribution in [0.15, 0.2) is 18.2 Å². The lowest BCUT2D eigenvalue weighted by molar-refractivity contribution is 0.407. The number of benzene rings is 1. The fourth-order valence-electron chi connectivity index (χ4n) is 1.13. The second-order valence-corrected chi connectivity index (χ2v) is 4.34. The Morgan fingerprint density at radius 2 is 2.07 bits per heavy atom. The average molecular weight is 236 g/mol. The summed E-state index contributed by atoms with van der Waals surface area (Å²) >= 11 is 11.7. The molecule has 0 saturated heterocycles. The Morgan fingerprint density at radius 3 is 2.57 bits per heavy atom. The minimum Gasteiger partial charge on any atom is -0.308 e. The van der Waals surface area contributed by atoms with Gasteiger partial charge in [0.05, 0.1) is 10.4 Å². The summed E-state index contributed by atoms with van der Waals surface area (Å²) < 4.78 is 12.8. The average Bonchev–Trinajstić information content (AvgIpc) is 2.08. The van der Waals surface area contributed by atoms with E-state index in [0.717, 1.165) is 5.56 Å². The number of hydrogen-bond acceptors (Lipinski definition) is 1. The van der Waals surface area contributed by atoms with E-state index in [1.54, 1.807) is 12.1 Å². The first-order valence-electron chi connectivity index (χ1n) is 4.24. The van der Waals surface area contributed by atoms with Crippen molar-refractivity contribution in [3.8, 4) is 0 Å². The van der Waals surface area contributed by atoms with Crippen molar-refractivity contribution in [2.75, 3.05) is 20.6 Å². The van der Waals surface area contributed by atoms with Crippen LogP contribution in [0.5, 0.6) is 0 Å². The van der Waals surface area contributed by atoms with Crippen LogP contribution in [-0.2, 0) is 0 Å². The Bertz CT molecular complexity index is 315. The van der Waals surface area contributed by atoms with E-state index in [0.29, 0.717) is 6.54 Å². The highest BCUT2D eigenvalue weighted by molar-refractivity contribution is 6.31. The van der Waals surface area contributed by atoms with E-state index in [4.69, 9.17) is 23.2 Å². The third-order valence-electron chi connectivity index (χ3n) is 1.83. The molecule has 0 heterocycles. The van der Waals surface area contributed by atoms with Gasteiger partial charge in [-0.15, -0.1) is 11.6 Å². The second-order valence-electron chi connectivity index (χ2n) is 3.40. The molecule has 0 N–H and O–H groups in total. The number of hydrogen-bond donors (Lipinski definition) is 0. The molecule has 1 aromatic carbocycles. The van der Waals surface area contributed by atoms with Crippen molar-refractivity contribution in [2.24, 2.45) is 0 Å². The van der Waals surface area contributed by atoms with Gasteiger partial charge in [-0.25, -0.2) is 4.39 Å². The zero-order chi connectivity index (χ0) is 10.7. The van der Waals surface area contributed by atoms with Gasteiger partial charge in [0.1, 0.15) is 5.82 Å². The highest BCUT2D eigenvalue weighted by Crippen LogP contribution is 2.25. The van der Waals surface area contributed by atoms with Gasteiger partial charge in [0, 0.05) is 6.54 Å². The summed E-state index contributed by atoms with van der Waals surface area (Å²) in [4.78, 5) is 1.97. The second kappa shape index (κ2) is 4.96. The molecule has 0 spiro atoms. The fourth-order valence-corrected chi connectivity index (χ4v) is 1.73. The first-order chi connectivity index (χ1) is 6.50. The Hall–Kier alpha value is -0.310. The van der Waals surface area contributed by atoms with Gasteiger partial charge in [0.15, 0.2) is 0 Å². The van der Waals surface area contributed by atoms with E-state index < -0.39 is 5.82 Å². The third-order valence-corrected chi connectivity index (χ3v) is 2.51. The highest BCUT2D eigenvalue weighted by Gasteiger charge is 2.10. The number of halogens is 3. The van der Waals surface area contributed by atoms with E-state index >= 15 is 0 Å². The quantitative estimate of drug-likeness (QED) is 0.727. The minimum atomic E-state index is -0.413. The molecule has 4 heteroatoms. The van der Waals surface area contributed by atoms with Crippen molar-refractivity contribution in [1.82, 2.24) is 4.90 Å². The molecule has 0 fully saturated rings. The monoisotopic (exact) mass is 235 g/mol. The van der Waals surface area contributed by atoms with Crippen molar-refractivity contribution < 1.29 is 4.39 Å². The summed E-state index contributed by atoms with van der Waals surface area (Å²) in [5, 5.41) is -0.0463. The van der Waals surface area contributed by atoms with Crippen molar-refractivity contribution >= 4 is 23.2 Å². The summed E-state index contributed by atoms with van der Waals surface area (Å²) in [6.07, 6.45) is 0. The summed E-state index contributed by atoms with van der Waals surface area (Å²) in [6, 6.07) is 4.56. The van der Waals surface area contributed by atoms with Gasteiger partial charge in [-0.3, -0.25) is 0 Å². The highest BCUT2D eigenvalue weighted by atomic mass is 35.5. The maximum absolute atomic E-state index is 12.8. The molecular weight excluding hydrogens is 224 g/mol. The van der Waals surface area contributed by atoms with Gasteiger partial charge in [-0.05, 0) is 31.8 Å². The smallest absolute Gasteiger partial charge is 0.141 e. The van der Waals surface area contributed by atoms with Crippen molar-refractivity contribution in [1.29, 1.82) is 0 Å². The van der Waals surface area contributed by atoms with Crippen LogP contribution in [0, 0.1) is 5.82 Å². The van der Waals surface area contributed by atoms with E-state index in [9.17, 15) is 4.39 Å². The van der Waals surface area contributed by atoms with Crippen LogP contribution >= 0.6 is 23.2 Å². The molecule has 1 nitrogen and oxygen atoms in total. The molecule has 0 aliphatic heterocycles. The molecule has 0 saturated carbocycles. The van der Waals surface area contributed by atoms with Crippen molar-refractivity contribution in [3.05, 3.63) is 34.6 Å². The molecule has 0 radical (unpaired) electrons. The van der Waals surface area contributed by atoms with Crippen LogP contribution in [-0.4, -0.2) is 25.5 Å². The van der Waals surface area contributed by atoms with Gasteiger partial charge < -0.3 is 4.90 Å². The van der Waals surface area contributed by atoms with E-state index in [-0.39, 0.29) is 10.4 Å². The molecule has 1 unspecified atom stereocenters. The largest absolute Gasteiger partial charge is 0.308 e. The third kappa shape index (κ3) is 3.12. The minimum absolute atomic E-state index is 0.118. The van der Waals surface area contributed by atoms with Crippen LogP contribution in [0.4, 0.5) is 4.39 Å². The van der Waals surface area contributed by atoms with Gasteiger partial charge in [-0.2, -0.15) is 0 Å². The predicted octanol–water partition coefficient (Wildman–Crippen LogP) is 3.32. The van der Waals surface area contributed by atoms with E-state index in [1.165, 1.54) is 6.07 Å². The van der Waals surface area contributed by atoms with Crippen LogP contribution in [0.2, 0.25) is 5.02 Å². The summed E-state index contributed by atoms with van der Waals surface area (Å²) in [7, 11) is 3.86. The Kier molecular flexibility index (Phi) is 4.17. The van der Waals surface area contributed by atoms with Crippen LogP contribution in [0.3, 0.4) is 0 Å². The topological polar surface area (TPSA) is 3.24 Å². The maximum Gasteiger partial charge on any atom is 0.141 e. The zero-order valence-electron chi connectivity index (χ0n) is 8.10. The lowest BCUT2D eigenvalue weighted by atomic mass is 10.1. The van der Waals surface area contributed by atoms with E-state index in [1.807, 2.05) is 19.0 Å². The van der Waals surface area contributed by atoms with Gasteiger partial charge in [0.2, 0.25) is 0 Å². The van der Waals surface area contributed by atoms with Gasteiger partial charge in [0.25, 0.3) is 0 Å². The zero-order valence-corrected chi connectivity index (χ0v) is 9.61. The maximum atomic E-state index is 12.8. The molecule has 0 aromatic heterocycles. The summed E-state index contributed by atoms with van der Waals surface area (Å²) in [5.74, 6) is -0.413. The van der Waals surface area contributed by atoms with Crippen LogP contribution in [0.1, 0.15) is 10.9 Å². The molecular formula is C10H12Cl2FN. The number of rotatable bonds is 3. The molecule has 1 aromatic rings. The standard InChI is InChI=1S/C10H12Cl2FN/c1-14(2)6-9(12)7-3-4-10(13)8(11)5-7/h3-5,9H,6H2,1-2H3. The molecule has 0 amide bonds. The lowest BCUT2D eigenvalue weighted by Crippen LogP contribution is -2.17. The van der Waals surface area contributed by atoms with E-state index in [2.05, 4.69) is 0 Å². The lowest BCUT2D eigenvalue weighted by Gasteiger charge is -2.15. The first kappa shape index (κ1) is 11.8. The van der Waals surface area contributed by atoms with Gasteiger partial charge >= 0.3 is 0 Å². The summed E-state index contributed by atoms with van der Waals surface area (Å²) in [6.45, 7) is 0.698. The first-order valence-corrected chi connectivity index (χ1v) is 5.06. The van der Waals surface area contributed by atoms with Gasteiger partial charge in [-0.1, -0.05) is 17.7 Å². The molecule has 0 aliphatic carbocycles. The molecule has 78 valence electrons. The number of nitrogens with zero attached hydrogens (tertiary/aromatic N) is 1. The molecule has 0 aliphatic rings. The molecule has 14 heavy (non-hydrogen) atoms. The summed E-state index contributed by atoms with van der Waals surface area (Å²) in [5.41, 5.74) is 0.840. The molecule has 1 rings (SSSR count). The van der Waals surface area contributed by atoms with Crippen molar-refractivity contribution in [3.63, 3.8) is 0 Å². The molecule has 1 atom stereocenters. The van der Waals surface area contributed by atoms with Crippen LogP contribution in [0.25, 0.3) is 0 Å². The Labute approximate surface area is 93.4 Å². The number of likely N-dealkylation sites (N-methyl/N-ethyl adjacent to an activating group) is 1. The Balaban J connectivity index is 2.80.